The minimum absolute atomic E-state index is 0.105. The minimum Gasteiger partial charge on any atom is -0.462 e. The summed E-state index contributed by atoms with van der Waals surface area (Å²) in [5, 5.41) is 0. The van der Waals surface area contributed by atoms with Crippen molar-refractivity contribution < 1.29 is 18.3 Å². The molecule has 0 unspecified atom stereocenters. The number of halogens is 2. The van der Waals surface area contributed by atoms with Crippen LogP contribution in [0.3, 0.4) is 0 Å². The zero-order valence-electron chi connectivity index (χ0n) is 15.4. The Morgan fingerprint density at radius 2 is 1.84 bits per heavy atom. The number of ether oxygens (including phenoxy) is 2. The number of hydrogen-bond donors (Lipinski definition) is 0. The van der Waals surface area contributed by atoms with E-state index in [4.69, 9.17) is 9.47 Å². The van der Waals surface area contributed by atoms with E-state index in [2.05, 4.69) is 6.92 Å². The first kappa shape index (κ1) is 19.9. The number of unbranched alkanes of at least 4 members (excludes halogenated alkanes) is 2. The molecule has 1 aliphatic carbocycles. The molecule has 25 heavy (non-hydrogen) atoms. The van der Waals surface area contributed by atoms with E-state index in [-0.39, 0.29) is 24.0 Å². The van der Waals surface area contributed by atoms with Crippen molar-refractivity contribution in [2.24, 2.45) is 5.92 Å². The van der Waals surface area contributed by atoms with Crippen LogP contribution in [0, 0.1) is 17.6 Å². The summed E-state index contributed by atoms with van der Waals surface area (Å²) in [6, 6.07) is 2.98. The first-order valence-electron chi connectivity index (χ1n) is 9.52. The van der Waals surface area contributed by atoms with Gasteiger partial charge in [-0.25, -0.2) is 4.39 Å². The number of rotatable bonds is 9. The van der Waals surface area contributed by atoms with Crippen LogP contribution in [0.4, 0.5) is 8.78 Å². The van der Waals surface area contributed by atoms with Crippen molar-refractivity contribution in [3.8, 4) is 5.75 Å². The second-order valence-corrected chi connectivity index (χ2v) is 6.89. The molecule has 0 saturated heterocycles. The first-order valence-corrected chi connectivity index (χ1v) is 9.52. The molecule has 2 nitrogen and oxygen atoms in total. The van der Waals surface area contributed by atoms with Crippen LogP contribution in [0.1, 0.15) is 70.8 Å². The normalized spacial score (nSPS) is 21.0. The highest BCUT2D eigenvalue weighted by molar-refractivity contribution is 5.31. The number of hydrogen-bond acceptors (Lipinski definition) is 2. The van der Waals surface area contributed by atoms with Crippen molar-refractivity contribution in [2.45, 2.75) is 77.9 Å². The van der Waals surface area contributed by atoms with E-state index in [9.17, 15) is 8.78 Å². The highest BCUT2D eigenvalue weighted by atomic mass is 19.2. The van der Waals surface area contributed by atoms with Gasteiger partial charge in [0.15, 0.2) is 11.6 Å². The fourth-order valence-electron chi connectivity index (χ4n) is 3.39. The molecule has 1 fully saturated rings. The van der Waals surface area contributed by atoms with E-state index in [1.807, 2.05) is 0 Å². The molecule has 1 saturated carbocycles. The molecule has 0 N–H and O–H groups in total. The second-order valence-electron chi connectivity index (χ2n) is 6.89. The van der Waals surface area contributed by atoms with Crippen molar-refractivity contribution in [3.05, 3.63) is 41.7 Å². The number of allylic oxidation sites excluding steroid dienone is 1. The molecule has 1 aromatic carbocycles. The Labute approximate surface area is 150 Å². The third kappa shape index (κ3) is 6.10. The van der Waals surface area contributed by atoms with E-state index in [1.54, 1.807) is 13.0 Å². The zero-order chi connectivity index (χ0) is 18.1. The molecular weight excluding hydrogens is 322 g/mol. The maximum Gasteiger partial charge on any atom is 0.201 e. The van der Waals surface area contributed by atoms with Crippen LogP contribution >= 0.6 is 0 Å². The van der Waals surface area contributed by atoms with Crippen molar-refractivity contribution in [1.29, 1.82) is 0 Å². The molecule has 0 atom stereocenters. The van der Waals surface area contributed by atoms with Gasteiger partial charge < -0.3 is 9.47 Å². The quantitative estimate of drug-likeness (QED) is 0.371. The van der Waals surface area contributed by atoms with Gasteiger partial charge in [-0.1, -0.05) is 38.7 Å². The molecule has 0 aromatic heterocycles. The highest BCUT2D eigenvalue weighted by Gasteiger charge is 2.22. The molecule has 1 aromatic rings. The van der Waals surface area contributed by atoms with Gasteiger partial charge >= 0.3 is 0 Å². The molecular formula is C21H30F2O2. The lowest BCUT2D eigenvalue weighted by Crippen LogP contribution is -2.22. The van der Waals surface area contributed by atoms with Gasteiger partial charge in [0, 0.05) is 5.56 Å². The molecule has 2 rings (SSSR count). The first-order chi connectivity index (χ1) is 12.2. The van der Waals surface area contributed by atoms with Crippen LogP contribution in [0.15, 0.2) is 24.5 Å². The summed E-state index contributed by atoms with van der Waals surface area (Å²) < 4.78 is 39.0. The van der Waals surface area contributed by atoms with Crippen LogP contribution in [0.5, 0.6) is 5.75 Å². The van der Waals surface area contributed by atoms with Crippen LogP contribution in [-0.2, 0) is 11.3 Å². The van der Waals surface area contributed by atoms with Gasteiger partial charge in [-0.2, -0.15) is 4.39 Å². The maximum absolute atomic E-state index is 14.1. The van der Waals surface area contributed by atoms with E-state index in [0.717, 1.165) is 18.8 Å². The Kier molecular flexibility index (Phi) is 8.39. The summed E-state index contributed by atoms with van der Waals surface area (Å²) in [5.41, 5.74) is 0.246. The molecule has 0 amide bonds. The topological polar surface area (TPSA) is 18.5 Å². The third-order valence-corrected chi connectivity index (χ3v) is 4.94. The second kappa shape index (κ2) is 10.5. The largest absolute Gasteiger partial charge is 0.462 e. The van der Waals surface area contributed by atoms with Crippen LogP contribution < -0.4 is 4.74 Å². The van der Waals surface area contributed by atoms with E-state index >= 15 is 0 Å². The molecule has 140 valence electrons. The summed E-state index contributed by atoms with van der Waals surface area (Å²) in [4.78, 5) is 0. The summed E-state index contributed by atoms with van der Waals surface area (Å²) in [7, 11) is 0. The fourth-order valence-corrected chi connectivity index (χ4v) is 3.39. The van der Waals surface area contributed by atoms with Crippen molar-refractivity contribution >= 4 is 0 Å². The van der Waals surface area contributed by atoms with E-state index in [1.165, 1.54) is 56.9 Å². The number of benzene rings is 1. The molecule has 0 bridgehead atoms. The summed E-state index contributed by atoms with van der Waals surface area (Å²) >= 11 is 0. The van der Waals surface area contributed by atoms with Gasteiger partial charge in [0.2, 0.25) is 5.82 Å². The monoisotopic (exact) mass is 352 g/mol. The van der Waals surface area contributed by atoms with Gasteiger partial charge in [-0.15, -0.1) is 0 Å². The molecule has 0 aliphatic heterocycles. The predicted molar refractivity (Wildman–Crippen MR) is 96.5 cm³/mol. The third-order valence-electron chi connectivity index (χ3n) is 4.94. The molecule has 1 aliphatic rings. The lowest BCUT2D eigenvalue weighted by atomic mass is 9.84. The van der Waals surface area contributed by atoms with Crippen LogP contribution in [0.25, 0.3) is 0 Å². The average Bonchev–Trinajstić information content (AvgIpc) is 2.63. The Bertz CT molecular complexity index is 549. The van der Waals surface area contributed by atoms with E-state index < -0.39 is 11.6 Å². The Balaban J connectivity index is 1.79. The maximum atomic E-state index is 14.1. The smallest absolute Gasteiger partial charge is 0.201 e. The fraction of sp³-hybridized carbons (Fsp3) is 0.619. The van der Waals surface area contributed by atoms with Crippen LogP contribution in [0.2, 0.25) is 0 Å². The Morgan fingerprint density at radius 1 is 1.08 bits per heavy atom. The lowest BCUT2D eigenvalue weighted by molar-refractivity contribution is 0.00478. The minimum atomic E-state index is -0.959. The van der Waals surface area contributed by atoms with Gasteiger partial charge in [0.05, 0.1) is 19.0 Å². The molecule has 0 heterocycles. The summed E-state index contributed by atoms with van der Waals surface area (Å²) in [5.74, 6) is -1.13. The molecule has 0 radical (unpaired) electrons. The molecule has 4 heteroatoms. The van der Waals surface area contributed by atoms with Gasteiger partial charge in [0.25, 0.3) is 0 Å². The van der Waals surface area contributed by atoms with Crippen molar-refractivity contribution in [1.82, 2.24) is 0 Å². The van der Waals surface area contributed by atoms with Crippen molar-refractivity contribution in [3.63, 3.8) is 0 Å². The van der Waals surface area contributed by atoms with Gasteiger partial charge in [-0.3, -0.25) is 0 Å². The van der Waals surface area contributed by atoms with Gasteiger partial charge in [-0.05, 0) is 50.7 Å². The van der Waals surface area contributed by atoms with Crippen molar-refractivity contribution in [2.75, 3.05) is 0 Å². The van der Waals surface area contributed by atoms with E-state index in [0.29, 0.717) is 0 Å². The van der Waals surface area contributed by atoms with Crippen LogP contribution in [-0.4, -0.2) is 6.10 Å². The predicted octanol–water partition coefficient (Wildman–Crippen LogP) is 6.53. The SMILES string of the molecule is CC=COc1ccc(COC2CCC(CCCCC)CC2)c(F)c1F. The highest BCUT2D eigenvalue weighted by Crippen LogP contribution is 2.31. The summed E-state index contributed by atoms with van der Waals surface area (Å²) in [6.07, 6.45) is 12.7. The average molecular weight is 352 g/mol. The lowest BCUT2D eigenvalue weighted by Gasteiger charge is -2.28. The summed E-state index contributed by atoms with van der Waals surface area (Å²) in [6.45, 7) is 4.08. The zero-order valence-corrected chi connectivity index (χ0v) is 15.4. The van der Waals surface area contributed by atoms with Gasteiger partial charge in [0.1, 0.15) is 0 Å². The molecule has 0 spiro atoms. The standard InChI is InChI=1S/C21H30F2O2/c1-3-5-6-7-16-8-11-18(12-9-16)25-15-17-10-13-19(24-14-4-2)21(23)20(17)22/h4,10,13-14,16,18H,3,5-9,11-12,15H2,1-2H3. The Morgan fingerprint density at radius 3 is 2.52 bits per heavy atom. The Hall–Kier alpha value is -1.42.